The third-order valence-corrected chi connectivity index (χ3v) is 8.31. The molecule has 164 valence electrons. The maximum atomic E-state index is 2.68. The Labute approximate surface area is 189 Å². The van der Waals surface area contributed by atoms with Crippen LogP contribution in [0, 0.1) is 19.8 Å². The van der Waals surface area contributed by atoms with E-state index in [1.165, 1.54) is 38.7 Å². The lowest BCUT2D eigenvalue weighted by atomic mass is 9.57. The van der Waals surface area contributed by atoms with E-state index in [9.17, 15) is 0 Å². The van der Waals surface area contributed by atoms with Gasteiger partial charge in [-0.05, 0) is 73.7 Å². The molecule has 0 N–H and O–H groups in total. The highest BCUT2D eigenvalue weighted by molar-refractivity contribution is 5.95. The van der Waals surface area contributed by atoms with Gasteiger partial charge in [-0.15, -0.1) is 0 Å². The first-order chi connectivity index (χ1) is 14.7. The second kappa shape index (κ2) is 7.76. The molecule has 1 heteroatoms. The number of aryl methyl sites for hydroxylation is 2. The Morgan fingerprint density at radius 2 is 1.61 bits per heavy atom. The van der Waals surface area contributed by atoms with E-state index < -0.39 is 0 Å². The molecule has 1 aliphatic rings. The maximum absolute atomic E-state index is 2.68. The van der Waals surface area contributed by atoms with Crippen molar-refractivity contribution in [3.05, 3.63) is 64.8 Å². The molecule has 1 nitrogen and oxygen atoms in total. The van der Waals surface area contributed by atoms with E-state index in [-0.39, 0.29) is 11.0 Å². The minimum Gasteiger partial charge on any atom is -0.192 e. The predicted molar refractivity (Wildman–Crippen MR) is 134 cm³/mol. The fraction of sp³-hybridized carbons (Fsp3) is 0.500. The SMILES string of the molecule is CCC1(C)c2c(C)cc(C)cc2-c2c3cc(CC(C)C)ccc3cc[n+]2C1(CC)CC. The van der Waals surface area contributed by atoms with Gasteiger partial charge in [-0.3, -0.25) is 0 Å². The summed E-state index contributed by atoms with van der Waals surface area (Å²) in [6, 6.07) is 14.3. The van der Waals surface area contributed by atoms with Gasteiger partial charge in [0.05, 0.1) is 16.4 Å². The molecule has 0 fully saturated rings. The van der Waals surface area contributed by atoms with Gasteiger partial charge < -0.3 is 0 Å². The lowest BCUT2D eigenvalue weighted by Crippen LogP contribution is -2.69. The molecule has 31 heavy (non-hydrogen) atoms. The molecule has 0 amide bonds. The molecule has 0 aliphatic carbocycles. The molecule has 1 atom stereocenters. The van der Waals surface area contributed by atoms with Crippen molar-refractivity contribution in [1.82, 2.24) is 0 Å². The van der Waals surface area contributed by atoms with E-state index in [1.807, 2.05) is 0 Å². The molecule has 0 radical (unpaired) electrons. The Bertz CT molecular complexity index is 1130. The number of nitrogens with zero attached hydrogens (tertiary/aromatic N) is 1. The summed E-state index contributed by atoms with van der Waals surface area (Å²) >= 11 is 0. The van der Waals surface area contributed by atoms with E-state index in [0.717, 1.165) is 25.7 Å². The summed E-state index contributed by atoms with van der Waals surface area (Å²) in [5, 5.41) is 2.77. The lowest BCUT2D eigenvalue weighted by Gasteiger charge is -2.48. The smallest absolute Gasteiger partial charge is 0.192 e. The Kier molecular flexibility index (Phi) is 5.53. The number of pyridine rings is 1. The zero-order valence-corrected chi connectivity index (χ0v) is 20.9. The Morgan fingerprint density at radius 1 is 0.903 bits per heavy atom. The Hall–Kier alpha value is -2.15. The highest BCUT2D eigenvalue weighted by Gasteiger charge is 2.59. The van der Waals surface area contributed by atoms with Gasteiger partial charge in [0.1, 0.15) is 0 Å². The zero-order valence-electron chi connectivity index (χ0n) is 20.9. The molecule has 0 bridgehead atoms. The Balaban J connectivity index is 2.19. The van der Waals surface area contributed by atoms with Crippen molar-refractivity contribution in [3.63, 3.8) is 0 Å². The topological polar surface area (TPSA) is 3.88 Å². The number of benzene rings is 2. The van der Waals surface area contributed by atoms with Gasteiger partial charge in [0.2, 0.25) is 5.69 Å². The van der Waals surface area contributed by atoms with Crippen molar-refractivity contribution in [1.29, 1.82) is 0 Å². The second-order valence-corrected chi connectivity index (χ2v) is 10.5. The second-order valence-electron chi connectivity index (χ2n) is 10.5. The van der Waals surface area contributed by atoms with Crippen LogP contribution in [0.1, 0.15) is 83.1 Å². The van der Waals surface area contributed by atoms with Gasteiger partial charge in [-0.1, -0.05) is 58.4 Å². The average molecular weight is 415 g/mol. The van der Waals surface area contributed by atoms with Crippen LogP contribution in [0.25, 0.3) is 22.0 Å². The standard InChI is InChI=1S/C30H40N/c1-9-29(8)27-22(7)17-21(6)18-26(27)28-25-19-23(16-20(4)5)12-13-24(25)14-15-31(28)30(29,10-2)11-3/h12-15,17-20H,9-11,16H2,1-8H3/q+1. The Morgan fingerprint density at radius 3 is 2.23 bits per heavy atom. The number of fused-ring (bicyclic) bond motifs is 5. The van der Waals surface area contributed by atoms with Crippen LogP contribution < -0.4 is 4.57 Å². The van der Waals surface area contributed by atoms with Gasteiger partial charge in [0, 0.05) is 18.9 Å². The molecule has 1 unspecified atom stereocenters. The first-order valence-corrected chi connectivity index (χ1v) is 12.3. The van der Waals surface area contributed by atoms with Crippen molar-refractivity contribution in [3.8, 4) is 11.3 Å². The molecular formula is C30H40N+. The normalized spacial score (nSPS) is 19.5. The summed E-state index contributed by atoms with van der Waals surface area (Å²) in [7, 11) is 0. The monoisotopic (exact) mass is 414 g/mol. The van der Waals surface area contributed by atoms with Crippen LogP contribution in [0.5, 0.6) is 0 Å². The lowest BCUT2D eigenvalue weighted by molar-refractivity contribution is -0.768. The van der Waals surface area contributed by atoms with Gasteiger partial charge >= 0.3 is 0 Å². The molecule has 4 rings (SSSR count). The molecule has 3 aromatic rings. The largest absolute Gasteiger partial charge is 0.221 e. The highest BCUT2D eigenvalue weighted by Crippen LogP contribution is 2.53. The van der Waals surface area contributed by atoms with E-state index >= 15 is 0 Å². The first kappa shape index (κ1) is 22.1. The minimum absolute atomic E-state index is 0.0757. The molecule has 2 heterocycles. The van der Waals surface area contributed by atoms with Crippen LogP contribution in [-0.4, -0.2) is 0 Å². The van der Waals surface area contributed by atoms with Crippen LogP contribution in [-0.2, 0) is 17.4 Å². The predicted octanol–water partition coefficient (Wildman–Crippen LogP) is 7.81. The molecule has 0 spiro atoms. The first-order valence-electron chi connectivity index (χ1n) is 12.3. The third-order valence-electron chi connectivity index (χ3n) is 8.31. The fourth-order valence-electron chi connectivity index (χ4n) is 6.81. The van der Waals surface area contributed by atoms with Crippen LogP contribution in [0.4, 0.5) is 0 Å². The van der Waals surface area contributed by atoms with Crippen molar-refractivity contribution >= 4 is 10.8 Å². The van der Waals surface area contributed by atoms with E-state index in [2.05, 4.69) is 103 Å². The van der Waals surface area contributed by atoms with Crippen LogP contribution in [0.2, 0.25) is 0 Å². The van der Waals surface area contributed by atoms with Gasteiger partial charge in [-0.25, -0.2) is 0 Å². The summed E-state index contributed by atoms with van der Waals surface area (Å²) in [4.78, 5) is 0. The molecule has 0 saturated carbocycles. The van der Waals surface area contributed by atoms with Crippen LogP contribution in [0.3, 0.4) is 0 Å². The molecule has 1 aliphatic heterocycles. The summed E-state index contributed by atoms with van der Waals surface area (Å²) in [6.45, 7) is 18.9. The number of hydrogen-bond acceptors (Lipinski definition) is 0. The van der Waals surface area contributed by atoms with Gasteiger partial charge in [0.15, 0.2) is 11.7 Å². The molecule has 1 aromatic heterocycles. The minimum atomic E-state index is 0.0757. The van der Waals surface area contributed by atoms with Crippen molar-refractivity contribution in [2.45, 2.75) is 92.0 Å². The number of aromatic nitrogens is 1. The summed E-state index contributed by atoms with van der Waals surface area (Å²) in [6.07, 6.45) is 6.93. The van der Waals surface area contributed by atoms with Crippen molar-refractivity contribution in [2.75, 3.05) is 0 Å². The maximum Gasteiger partial charge on any atom is 0.221 e. The van der Waals surface area contributed by atoms with E-state index in [0.29, 0.717) is 5.92 Å². The van der Waals surface area contributed by atoms with Crippen LogP contribution in [0.15, 0.2) is 42.6 Å². The van der Waals surface area contributed by atoms with Crippen molar-refractivity contribution < 1.29 is 4.57 Å². The number of hydrogen-bond donors (Lipinski definition) is 0. The van der Waals surface area contributed by atoms with Crippen molar-refractivity contribution in [2.24, 2.45) is 5.92 Å². The van der Waals surface area contributed by atoms with Gasteiger partial charge in [0.25, 0.3) is 0 Å². The molecule has 0 saturated heterocycles. The fourth-order valence-corrected chi connectivity index (χ4v) is 6.81. The van der Waals surface area contributed by atoms with Crippen LogP contribution >= 0.6 is 0 Å². The summed E-state index contributed by atoms with van der Waals surface area (Å²) in [5.74, 6) is 0.662. The van der Waals surface area contributed by atoms with E-state index in [1.54, 1.807) is 5.56 Å². The molecule has 2 aromatic carbocycles. The van der Waals surface area contributed by atoms with Gasteiger partial charge in [-0.2, -0.15) is 4.57 Å². The highest BCUT2D eigenvalue weighted by atomic mass is 15.1. The number of rotatable bonds is 5. The summed E-state index contributed by atoms with van der Waals surface area (Å²) < 4.78 is 2.68. The third kappa shape index (κ3) is 3.07. The summed E-state index contributed by atoms with van der Waals surface area (Å²) in [5.41, 5.74) is 8.89. The quantitative estimate of drug-likeness (QED) is 0.375. The molecular weight excluding hydrogens is 374 g/mol. The van der Waals surface area contributed by atoms with E-state index in [4.69, 9.17) is 0 Å². The average Bonchev–Trinajstić information content (AvgIpc) is 2.73. The zero-order chi connectivity index (χ0) is 22.6.